The number of Topliss-reactive ketones (excluding diaryl/α,β-unsaturated/α-hetero) is 1. The molecule has 12 heteroatoms. The largest absolute Gasteiger partial charge is 0.748 e. The molecule has 2 saturated carbocycles. The third-order valence-corrected chi connectivity index (χ3v) is 8.58. The molecule has 1 unspecified atom stereocenters. The van der Waals surface area contributed by atoms with Gasteiger partial charge in [-0.1, -0.05) is 13.8 Å². The minimum absolute atomic E-state index is 0.0248. The lowest BCUT2D eigenvalue weighted by molar-refractivity contribution is -0.128. The lowest BCUT2D eigenvalue weighted by atomic mass is 9.70. The maximum atomic E-state index is 13.9. The summed E-state index contributed by atoms with van der Waals surface area (Å²) < 4.78 is 61.2. The van der Waals surface area contributed by atoms with Gasteiger partial charge in [0, 0.05) is 17.4 Å². The second-order valence-electron chi connectivity index (χ2n) is 9.86. The topological polar surface area (TPSA) is 149 Å². The molecule has 0 radical (unpaired) electrons. The number of halogens is 2. The van der Waals surface area contributed by atoms with Crippen molar-refractivity contribution >= 4 is 15.9 Å². The van der Waals surface area contributed by atoms with Gasteiger partial charge in [0.05, 0.1) is 34.4 Å². The van der Waals surface area contributed by atoms with Crippen LogP contribution in [0.15, 0.2) is 30.9 Å². The number of rotatable bonds is 6. The van der Waals surface area contributed by atoms with Gasteiger partial charge >= 0.3 is 0 Å². The molecule has 190 valence electrons. The Morgan fingerprint density at radius 2 is 2.09 bits per heavy atom. The number of carbonyl (C=O) groups excluding carboxylic acids is 1. The lowest BCUT2D eigenvalue weighted by Gasteiger charge is -2.37. The summed E-state index contributed by atoms with van der Waals surface area (Å²) in [7, 11) is -4.33. The van der Waals surface area contributed by atoms with Crippen molar-refractivity contribution in [1.29, 1.82) is 5.26 Å². The Kier molecular flexibility index (Phi) is 7.19. The van der Waals surface area contributed by atoms with Crippen LogP contribution in [0, 0.1) is 45.6 Å². The van der Waals surface area contributed by atoms with Crippen LogP contribution in [0.25, 0.3) is 0 Å². The molecule has 1 heterocycles. The zero-order valence-electron chi connectivity index (χ0n) is 19.6. The van der Waals surface area contributed by atoms with E-state index < -0.39 is 44.4 Å². The average molecular weight is 510 g/mol. The predicted octanol–water partition coefficient (Wildman–Crippen LogP) is 2.53. The van der Waals surface area contributed by atoms with Crippen molar-refractivity contribution in [3.05, 3.63) is 48.1 Å². The van der Waals surface area contributed by atoms with Crippen molar-refractivity contribution in [3.63, 3.8) is 0 Å². The summed E-state index contributed by atoms with van der Waals surface area (Å²) in [4.78, 5) is 15.6. The van der Waals surface area contributed by atoms with E-state index in [1.807, 2.05) is 19.9 Å². The van der Waals surface area contributed by atoms with E-state index in [-0.39, 0.29) is 29.2 Å². The first-order chi connectivity index (χ1) is 16.2. The van der Waals surface area contributed by atoms with Gasteiger partial charge in [-0.3, -0.25) is 4.79 Å². The molecular formula is C23H27F2N4O5S-. The number of hydrogen-bond acceptors (Lipinski definition) is 8. The first-order valence-electron chi connectivity index (χ1n) is 11.0. The smallest absolute Gasteiger partial charge is 0.140 e. The average Bonchev–Trinajstić information content (AvgIpc) is 3.40. The van der Waals surface area contributed by atoms with E-state index in [9.17, 15) is 31.7 Å². The highest BCUT2D eigenvalue weighted by Gasteiger charge is 2.64. The summed E-state index contributed by atoms with van der Waals surface area (Å²) in [5, 5.41) is 23.6. The van der Waals surface area contributed by atoms with Crippen LogP contribution in [-0.4, -0.2) is 44.4 Å². The molecule has 4 atom stereocenters. The Morgan fingerprint density at radius 3 is 2.57 bits per heavy atom. The van der Waals surface area contributed by atoms with Gasteiger partial charge in [-0.05, 0) is 49.3 Å². The van der Waals surface area contributed by atoms with Gasteiger partial charge in [0.1, 0.15) is 35.7 Å². The summed E-state index contributed by atoms with van der Waals surface area (Å²) in [6.45, 7) is 5.06. The van der Waals surface area contributed by atoms with Crippen LogP contribution < -0.4 is 0 Å². The maximum Gasteiger partial charge on any atom is 0.140 e. The van der Waals surface area contributed by atoms with Gasteiger partial charge < -0.3 is 9.66 Å². The number of nitrogens with zero attached hydrogens (tertiary/aromatic N) is 4. The fraction of sp³-hybridized carbons (Fsp3) is 0.565. The molecule has 1 aromatic heterocycles. The Labute approximate surface area is 202 Å². The second kappa shape index (κ2) is 9.37. The Bertz CT molecular complexity index is 1250. The molecule has 2 aromatic rings. The highest BCUT2D eigenvalue weighted by atomic mass is 32.2. The number of ketones is 1. The van der Waals surface area contributed by atoms with Crippen LogP contribution in [-0.2, 0) is 27.1 Å². The highest BCUT2D eigenvalue weighted by Crippen LogP contribution is 2.64. The van der Waals surface area contributed by atoms with Gasteiger partial charge in [-0.2, -0.15) is 10.4 Å². The van der Waals surface area contributed by atoms with Crippen molar-refractivity contribution < 1.29 is 31.7 Å². The molecule has 1 N–H and O–H groups in total. The predicted molar refractivity (Wildman–Crippen MR) is 118 cm³/mol. The van der Waals surface area contributed by atoms with Gasteiger partial charge in [0.2, 0.25) is 0 Å². The third-order valence-electron chi connectivity index (χ3n) is 7.74. The maximum absolute atomic E-state index is 13.9. The fourth-order valence-electron chi connectivity index (χ4n) is 5.36. The molecule has 0 aliphatic heterocycles. The van der Waals surface area contributed by atoms with Crippen LogP contribution in [0.3, 0.4) is 0 Å². The van der Waals surface area contributed by atoms with Crippen LogP contribution in [0.4, 0.5) is 8.78 Å². The quantitative estimate of drug-likeness (QED) is 0.584. The zero-order valence-corrected chi connectivity index (χ0v) is 20.4. The summed E-state index contributed by atoms with van der Waals surface area (Å²) >= 11 is 0. The normalized spacial score (nSPS) is 25.3. The number of fused-ring (bicyclic) bond motifs is 2. The minimum atomic E-state index is -4.33. The number of benzene rings is 1. The van der Waals surface area contributed by atoms with E-state index in [0.29, 0.717) is 12.8 Å². The fourth-order valence-corrected chi connectivity index (χ4v) is 6.64. The molecule has 4 rings (SSSR count). The van der Waals surface area contributed by atoms with Gasteiger partial charge in [0.15, 0.2) is 0 Å². The van der Waals surface area contributed by atoms with Gasteiger partial charge in [-0.25, -0.2) is 26.9 Å². The number of aromatic nitrogens is 3. The van der Waals surface area contributed by atoms with Crippen LogP contribution in [0.1, 0.15) is 45.6 Å². The Morgan fingerprint density at radius 1 is 1.40 bits per heavy atom. The monoisotopic (exact) mass is 509 g/mol. The van der Waals surface area contributed by atoms with Gasteiger partial charge in [-0.15, -0.1) is 0 Å². The number of carbonyl (C=O) groups is 1. The number of aliphatic hydroxyl groups is 1. The molecule has 2 bridgehead atoms. The van der Waals surface area contributed by atoms with E-state index in [2.05, 4.69) is 10.1 Å². The highest BCUT2D eigenvalue weighted by molar-refractivity contribution is 7.85. The summed E-state index contributed by atoms with van der Waals surface area (Å²) in [6.07, 6.45) is 4.45. The van der Waals surface area contributed by atoms with E-state index in [1.165, 1.54) is 24.3 Å². The van der Waals surface area contributed by atoms with E-state index >= 15 is 0 Å². The SMILES string of the molecule is CC1(C)C2CC[C@]1(CS(=O)(=O)[O-])C(=O)C2.C[C@@H](C#N)[C@](O)(Cn1cncn1)c1cc(F)ccc1F. The van der Waals surface area contributed by atoms with Gasteiger partial charge in [0.25, 0.3) is 0 Å². The molecule has 2 fully saturated rings. The van der Waals surface area contributed by atoms with Crippen molar-refractivity contribution in [2.75, 3.05) is 5.75 Å². The van der Waals surface area contributed by atoms with Crippen molar-refractivity contribution in [1.82, 2.24) is 14.8 Å². The molecular weight excluding hydrogens is 482 g/mol. The molecule has 35 heavy (non-hydrogen) atoms. The molecule has 9 nitrogen and oxygen atoms in total. The van der Waals surface area contributed by atoms with Crippen molar-refractivity contribution in [2.24, 2.45) is 22.7 Å². The van der Waals surface area contributed by atoms with Crippen molar-refractivity contribution in [2.45, 2.75) is 52.2 Å². The van der Waals surface area contributed by atoms with Crippen LogP contribution in [0.2, 0.25) is 0 Å². The first kappa shape index (κ1) is 26.8. The third kappa shape index (κ3) is 4.98. The molecule has 0 saturated heterocycles. The van der Waals surface area contributed by atoms with Crippen LogP contribution in [0.5, 0.6) is 0 Å². The summed E-state index contributed by atoms with van der Waals surface area (Å²) in [6, 6.07) is 4.62. The van der Waals surface area contributed by atoms with Crippen LogP contribution >= 0.6 is 0 Å². The minimum Gasteiger partial charge on any atom is -0.748 e. The Hall–Kier alpha value is -2.75. The van der Waals surface area contributed by atoms with E-state index in [1.54, 1.807) is 0 Å². The van der Waals surface area contributed by atoms with Crippen molar-refractivity contribution in [3.8, 4) is 6.07 Å². The Balaban J connectivity index is 0.000000203. The molecule has 0 spiro atoms. The molecule has 2 aliphatic carbocycles. The summed E-state index contributed by atoms with van der Waals surface area (Å²) in [5.41, 5.74) is -3.41. The zero-order chi connectivity index (χ0) is 26.2. The molecule has 1 aromatic carbocycles. The lowest BCUT2D eigenvalue weighted by Crippen LogP contribution is -2.42. The second-order valence-corrected chi connectivity index (χ2v) is 11.3. The van der Waals surface area contributed by atoms with E-state index in [4.69, 9.17) is 5.26 Å². The van der Waals surface area contributed by atoms with E-state index in [0.717, 1.165) is 24.6 Å². The standard InChI is InChI=1S/C13H12F2N4O.C10H16O4S/c1-9(5-16)13(20,6-19-8-17-7-18-19)11-4-10(14)2-3-12(11)15;1-9(2)7-3-4-10(9,8(11)5-7)6-15(12,13)14/h2-4,7-9,20H,6H2,1H3;7H,3-6H2,1-2H3,(H,12,13,14)/p-1/t9-,13+;7?,10-/m00/s1. The first-order valence-corrected chi connectivity index (χ1v) is 12.6. The summed E-state index contributed by atoms with van der Waals surface area (Å²) in [5.74, 6) is -2.72. The number of nitriles is 1. The molecule has 0 amide bonds. The number of hydrogen-bond donors (Lipinski definition) is 1. The molecule has 2 aliphatic rings.